The van der Waals surface area contributed by atoms with Gasteiger partial charge < -0.3 is 5.11 Å². The van der Waals surface area contributed by atoms with E-state index in [1.54, 1.807) is 31.2 Å². The van der Waals surface area contributed by atoms with Gasteiger partial charge in [0.15, 0.2) is 9.90 Å². The molecule has 1 aromatic heterocycles. The second-order valence-electron chi connectivity index (χ2n) is 4.05. The van der Waals surface area contributed by atoms with Crippen LogP contribution in [0.1, 0.15) is 16.1 Å². The fourth-order valence-corrected chi connectivity index (χ4v) is 4.28. The maximum atomic E-state index is 12.5. The number of anilines is 1. The van der Waals surface area contributed by atoms with Crippen LogP contribution in [0.15, 0.2) is 34.0 Å². The van der Waals surface area contributed by atoms with Crippen LogP contribution in [-0.2, 0) is 10.0 Å². The Balaban J connectivity index is 2.53. The van der Waals surface area contributed by atoms with Crippen molar-refractivity contribution < 1.29 is 18.3 Å². The number of carboxylic acid groups (broad SMARTS) is 1. The molecular weight excluding hydrogens is 300 g/mol. The molecule has 0 saturated carbocycles. The third-order valence-electron chi connectivity index (χ3n) is 2.79. The molecule has 0 spiro atoms. The van der Waals surface area contributed by atoms with Gasteiger partial charge in [-0.05, 0) is 18.6 Å². The number of para-hydroxylation sites is 1. The lowest BCUT2D eigenvalue weighted by molar-refractivity contribution is 0.0687. The normalized spacial score (nSPS) is 11.3. The van der Waals surface area contributed by atoms with Crippen molar-refractivity contribution >= 4 is 33.0 Å². The molecule has 6 nitrogen and oxygen atoms in total. The summed E-state index contributed by atoms with van der Waals surface area (Å²) in [6.07, 6.45) is 0. The Morgan fingerprint density at radius 3 is 2.60 bits per heavy atom. The van der Waals surface area contributed by atoms with Crippen LogP contribution >= 0.6 is 11.3 Å². The predicted octanol–water partition coefficient (Wildman–Crippen LogP) is 1.97. The van der Waals surface area contributed by atoms with Crippen LogP contribution in [0.4, 0.5) is 5.69 Å². The van der Waals surface area contributed by atoms with Gasteiger partial charge in [-0.25, -0.2) is 18.2 Å². The Labute approximate surface area is 120 Å². The van der Waals surface area contributed by atoms with E-state index in [9.17, 15) is 13.2 Å². The molecule has 2 aromatic rings. The molecule has 2 rings (SSSR count). The molecule has 1 heterocycles. The van der Waals surface area contributed by atoms with Gasteiger partial charge in [0.25, 0.3) is 10.0 Å². The number of hydrogen-bond acceptors (Lipinski definition) is 5. The molecule has 0 atom stereocenters. The van der Waals surface area contributed by atoms with Crippen LogP contribution in [0.25, 0.3) is 0 Å². The molecule has 0 bridgehead atoms. The number of benzene rings is 1. The summed E-state index contributed by atoms with van der Waals surface area (Å²) in [5, 5.41) is 8.99. The van der Waals surface area contributed by atoms with E-state index in [2.05, 4.69) is 4.98 Å². The predicted molar refractivity (Wildman–Crippen MR) is 75.8 cm³/mol. The highest BCUT2D eigenvalue weighted by atomic mass is 32.2. The van der Waals surface area contributed by atoms with Crippen molar-refractivity contribution in [2.75, 3.05) is 11.4 Å². The molecule has 1 N–H and O–H groups in total. The molecule has 0 radical (unpaired) electrons. The summed E-state index contributed by atoms with van der Waals surface area (Å²) in [6, 6.07) is 6.97. The average Bonchev–Trinajstić information content (AvgIpc) is 2.88. The van der Waals surface area contributed by atoms with Crippen LogP contribution in [0.3, 0.4) is 0 Å². The summed E-state index contributed by atoms with van der Waals surface area (Å²) in [4.78, 5) is 14.6. The highest BCUT2D eigenvalue weighted by Crippen LogP contribution is 2.28. The van der Waals surface area contributed by atoms with Gasteiger partial charge in [-0.1, -0.05) is 18.2 Å². The van der Waals surface area contributed by atoms with Crippen molar-refractivity contribution in [3.05, 3.63) is 41.0 Å². The van der Waals surface area contributed by atoms with E-state index in [0.717, 1.165) is 21.2 Å². The lowest BCUT2D eigenvalue weighted by atomic mass is 10.2. The zero-order valence-electron chi connectivity index (χ0n) is 10.8. The summed E-state index contributed by atoms with van der Waals surface area (Å²) in [7, 11) is -2.55. The van der Waals surface area contributed by atoms with Crippen molar-refractivity contribution in [3.63, 3.8) is 0 Å². The fraction of sp³-hybridized carbons (Fsp3) is 0.167. The standard InChI is InChI=1S/C12H12N2O4S2/c1-8-5-3-4-6-9(8)14(2)20(17,18)12-10(11(15)16)13-7-19-12/h3-7H,1-2H3,(H,15,16). The van der Waals surface area contributed by atoms with Gasteiger partial charge in [0.2, 0.25) is 0 Å². The minimum absolute atomic E-state index is 0.268. The Morgan fingerprint density at radius 2 is 2.00 bits per heavy atom. The topological polar surface area (TPSA) is 87.6 Å². The first-order valence-electron chi connectivity index (χ1n) is 5.57. The smallest absolute Gasteiger partial charge is 0.356 e. The number of sulfonamides is 1. The summed E-state index contributed by atoms with van der Waals surface area (Å²) in [5.41, 5.74) is 2.04. The minimum atomic E-state index is -3.94. The van der Waals surface area contributed by atoms with Crippen molar-refractivity contribution in [2.45, 2.75) is 11.1 Å². The van der Waals surface area contributed by atoms with Crippen LogP contribution in [-0.4, -0.2) is 31.5 Å². The highest BCUT2D eigenvalue weighted by Gasteiger charge is 2.30. The lowest BCUT2D eigenvalue weighted by Gasteiger charge is -2.20. The Morgan fingerprint density at radius 1 is 1.35 bits per heavy atom. The van der Waals surface area contributed by atoms with Gasteiger partial charge in [-0.15, -0.1) is 11.3 Å². The van der Waals surface area contributed by atoms with E-state index in [0.29, 0.717) is 5.69 Å². The molecule has 0 amide bonds. The van der Waals surface area contributed by atoms with Gasteiger partial charge in [-0.3, -0.25) is 4.31 Å². The zero-order chi connectivity index (χ0) is 14.9. The second kappa shape index (κ2) is 5.22. The van der Waals surface area contributed by atoms with E-state index >= 15 is 0 Å². The van der Waals surface area contributed by atoms with E-state index < -0.39 is 21.7 Å². The molecule has 0 unspecified atom stereocenters. The highest BCUT2D eigenvalue weighted by molar-refractivity contribution is 7.94. The number of nitrogens with zero attached hydrogens (tertiary/aromatic N) is 2. The van der Waals surface area contributed by atoms with Gasteiger partial charge in [0.1, 0.15) is 0 Å². The molecule has 0 aliphatic heterocycles. The number of thiazole rings is 1. The maximum Gasteiger partial charge on any atom is 0.356 e. The number of aryl methyl sites for hydroxylation is 1. The maximum absolute atomic E-state index is 12.5. The first-order valence-corrected chi connectivity index (χ1v) is 7.89. The number of rotatable bonds is 4. The van der Waals surface area contributed by atoms with Gasteiger partial charge in [0, 0.05) is 7.05 Å². The fourth-order valence-electron chi connectivity index (χ4n) is 1.73. The van der Waals surface area contributed by atoms with Crippen molar-refractivity contribution in [3.8, 4) is 0 Å². The third kappa shape index (κ3) is 2.39. The minimum Gasteiger partial charge on any atom is -0.476 e. The van der Waals surface area contributed by atoms with E-state index in [4.69, 9.17) is 5.11 Å². The Hall–Kier alpha value is -1.93. The van der Waals surface area contributed by atoms with E-state index in [1.807, 2.05) is 0 Å². The molecule has 8 heteroatoms. The summed E-state index contributed by atoms with van der Waals surface area (Å²) in [6.45, 7) is 1.78. The number of carboxylic acids is 1. The van der Waals surface area contributed by atoms with Gasteiger partial charge in [0.05, 0.1) is 11.2 Å². The third-order valence-corrected chi connectivity index (χ3v) is 5.91. The van der Waals surface area contributed by atoms with Gasteiger partial charge in [-0.2, -0.15) is 0 Å². The van der Waals surface area contributed by atoms with Crippen molar-refractivity contribution in [2.24, 2.45) is 0 Å². The van der Waals surface area contributed by atoms with Crippen LogP contribution in [0.2, 0.25) is 0 Å². The molecule has 0 aliphatic carbocycles. The van der Waals surface area contributed by atoms with Gasteiger partial charge >= 0.3 is 5.97 Å². The van der Waals surface area contributed by atoms with E-state index in [-0.39, 0.29) is 4.21 Å². The molecule has 1 aromatic carbocycles. The van der Waals surface area contributed by atoms with Crippen LogP contribution < -0.4 is 4.31 Å². The molecular formula is C12H12N2O4S2. The molecule has 0 fully saturated rings. The Kier molecular flexibility index (Phi) is 3.78. The summed E-state index contributed by atoms with van der Waals surface area (Å²) in [5.74, 6) is -1.36. The van der Waals surface area contributed by atoms with E-state index in [1.165, 1.54) is 12.6 Å². The van der Waals surface area contributed by atoms with Crippen LogP contribution in [0.5, 0.6) is 0 Å². The Bertz CT molecular complexity index is 752. The average molecular weight is 312 g/mol. The first kappa shape index (κ1) is 14.5. The quantitative estimate of drug-likeness (QED) is 0.932. The monoisotopic (exact) mass is 312 g/mol. The first-order chi connectivity index (χ1) is 9.35. The molecule has 106 valence electrons. The van der Waals surface area contributed by atoms with Crippen molar-refractivity contribution in [1.82, 2.24) is 4.98 Å². The second-order valence-corrected chi connectivity index (χ2v) is 7.07. The summed E-state index contributed by atoms with van der Waals surface area (Å²) < 4.78 is 25.8. The molecule has 0 saturated heterocycles. The SMILES string of the molecule is Cc1ccccc1N(C)S(=O)(=O)c1scnc1C(=O)O. The van der Waals surface area contributed by atoms with Crippen molar-refractivity contribution in [1.29, 1.82) is 0 Å². The van der Waals surface area contributed by atoms with Crippen LogP contribution in [0, 0.1) is 6.92 Å². The largest absolute Gasteiger partial charge is 0.476 e. The lowest BCUT2D eigenvalue weighted by Crippen LogP contribution is -2.27. The molecule has 20 heavy (non-hydrogen) atoms. The molecule has 0 aliphatic rings. The number of aromatic nitrogens is 1. The number of hydrogen-bond donors (Lipinski definition) is 1. The number of aromatic carboxylic acids is 1. The zero-order valence-corrected chi connectivity index (χ0v) is 12.4. The summed E-state index contributed by atoms with van der Waals surface area (Å²) >= 11 is 0.792. The number of carbonyl (C=O) groups is 1.